The predicted octanol–water partition coefficient (Wildman–Crippen LogP) is 2.61. The summed E-state index contributed by atoms with van der Waals surface area (Å²) in [6, 6.07) is 7.84. The van der Waals surface area contributed by atoms with Gasteiger partial charge in [0.1, 0.15) is 9.84 Å². The molecule has 1 rings (SSSR count). The van der Waals surface area contributed by atoms with Gasteiger partial charge in [-0.2, -0.15) is 0 Å². The Morgan fingerprint density at radius 1 is 1.38 bits per heavy atom. The summed E-state index contributed by atoms with van der Waals surface area (Å²) >= 11 is 6.08. The van der Waals surface area contributed by atoms with Crippen LogP contribution in [0.5, 0.6) is 0 Å². The average molecular weight is 374 g/mol. The van der Waals surface area contributed by atoms with Crippen molar-refractivity contribution in [3.05, 3.63) is 34.9 Å². The van der Waals surface area contributed by atoms with Crippen LogP contribution < -0.4 is 10.6 Å². The number of guanidine groups is 1. The number of nitrogens with zero attached hydrogens (tertiary/aromatic N) is 1. The average Bonchev–Trinajstić information content (AvgIpc) is 2.48. The fourth-order valence-corrected chi connectivity index (χ4v) is 3.18. The van der Waals surface area contributed by atoms with E-state index in [1.54, 1.807) is 7.05 Å². The van der Waals surface area contributed by atoms with Gasteiger partial charge in [0.05, 0.1) is 5.75 Å². The lowest BCUT2D eigenvalue weighted by Crippen LogP contribution is -2.46. The molecule has 0 spiro atoms. The molecule has 0 saturated heterocycles. The molecule has 7 heteroatoms. The Bertz CT molecular complexity index is 672. The number of rotatable bonds is 7. The maximum absolute atomic E-state index is 11.2. The van der Waals surface area contributed by atoms with Gasteiger partial charge in [0.25, 0.3) is 0 Å². The third-order valence-electron chi connectivity index (χ3n) is 3.83. The van der Waals surface area contributed by atoms with Gasteiger partial charge in [-0.1, -0.05) is 37.6 Å². The zero-order valence-corrected chi connectivity index (χ0v) is 16.6. The lowest BCUT2D eigenvalue weighted by Gasteiger charge is -2.27. The number of sulfone groups is 1. The first-order valence-electron chi connectivity index (χ1n) is 7.94. The van der Waals surface area contributed by atoms with Crippen molar-refractivity contribution >= 4 is 27.4 Å². The largest absolute Gasteiger partial charge is 0.356 e. The number of hydrogen-bond donors (Lipinski definition) is 2. The summed E-state index contributed by atoms with van der Waals surface area (Å²) < 4.78 is 22.5. The maximum atomic E-state index is 11.2. The zero-order chi connectivity index (χ0) is 18.4. The molecule has 5 nitrogen and oxygen atoms in total. The second-order valence-electron chi connectivity index (χ2n) is 6.78. The quantitative estimate of drug-likeness (QED) is 0.569. The molecule has 0 saturated carbocycles. The van der Waals surface area contributed by atoms with E-state index in [4.69, 9.17) is 11.6 Å². The predicted molar refractivity (Wildman–Crippen MR) is 103 cm³/mol. The Balaban J connectivity index is 2.60. The van der Waals surface area contributed by atoms with Crippen LogP contribution in [-0.4, -0.2) is 46.0 Å². The topological polar surface area (TPSA) is 70.6 Å². The number of halogens is 1. The smallest absolute Gasteiger partial charge is 0.191 e. The molecule has 0 aliphatic heterocycles. The van der Waals surface area contributed by atoms with Crippen molar-refractivity contribution in [1.82, 2.24) is 10.6 Å². The van der Waals surface area contributed by atoms with Crippen LogP contribution in [-0.2, 0) is 15.3 Å². The van der Waals surface area contributed by atoms with Crippen molar-refractivity contribution in [2.24, 2.45) is 4.99 Å². The summed E-state index contributed by atoms with van der Waals surface area (Å²) in [5.74, 6) is 0.817. The SMILES string of the molecule is CN=C(NCC(C)(C)c1cccc(Cl)c1)NC(C)CCS(C)(=O)=O. The summed E-state index contributed by atoms with van der Waals surface area (Å²) in [5, 5.41) is 7.24. The summed E-state index contributed by atoms with van der Waals surface area (Å²) in [5.41, 5.74) is 1.02. The van der Waals surface area contributed by atoms with E-state index in [1.165, 1.54) is 6.26 Å². The van der Waals surface area contributed by atoms with E-state index in [2.05, 4.69) is 35.5 Å². The van der Waals surface area contributed by atoms with Crippen LogP contribution in [0.25, 0.3) is 0 Å². The molecule has 1 aromatic rings. The Hall–Kier alpha value is -1.27. The Labute approximate surface area is 150 Å². The van der Waals surface area contributed by atoms with Gasteiger partial charge >= 0.3 is 0 Å². The summed E-state index contributed by atoms with van der Waals surface area (Å²) in [6.07, 6.45) is 1.79. The highest BCUT2D eigenvalue weighted by Gasteiger charge is 2.21. The standard InChI is InChI=1S/C17H28ClN3O2S/c1-13(9-10-24(5,22)23)21-16(19-4)20-12-17(2,3)14-7-6-8-15(18)11-14/h6-8,11,13H,9-10,12H2,1-5H3,(H2,19,20,21). The fourth-order valence-electron chi connectivity index (χ4n) is 2.21. The molecule has 0 bridgehead atoms. The molecule has 1 aromatic carbocycles. The third kappa shape index (κ3) is 7.53. The normalized spacial score (nSPS) is 14.3. The van der Waals surface area contributed by atoms with Crippen molar-refractivity contribution in [3.8, 4) is 0 Å². The van der Waals surface area contributed by atoms with Crippen molar-refractivity contribution in [3.63, 3.8) is 0 Å². The Morgan fingerprint density at radius 3 is 2.58 bits per heavy atom. The molecule has 2 N–H and O–H groups in total. The summed E-state index contributed by atoms with van der Waals surface area (Å²) in [6.45, 7) is 6.88. The molecule has 0 radical (unpaired) electrons. The highest BCUT2D eigenvalue weighted by atomic mass is 35.5. The molecule has 0 aromatic heterocycles. The van der Waals surface area contributed by atoms with Gasteiger partial charge in [0.2, 0.25) is 0 Å². The third-order valence-corrected chi connectivity index (χ3v) is 5.04. The zero-order valence-electron chi connectivity index (χ0n) is 15.1. The molecule has 24 heavy (non-hydrogen) atoms. The summed E-state index contributed by atoms with van der Waals surface area (Å²) in [7, 11) is -1.25. The lowest BCUT2D eigenvalue weighted by molar-refractivity contribution is 0.503. The molecular weight excluding hydrogens is 346 g/mol. The number of aliphatic imine (C=N–C) groups is 1. The van der Waals surface area contributed by atoms with E-state index in [9.17, 15) is 8.42 Å². The van der Waals surface area contributed by atoms with E-state index in [0.717, 1.165) is 10.6 Å². The van der Waals surface area contributed by atoms with Gasteiger partial charge in [-0.05, 0) is 31.0 Å². The second-order valence-corrected chi connectivity index (χ2v) is 9.48. The van der Waals surface area contributed by atoms with Crippen LogP contribution in [0.2, 0.25) is 5.02 Å². The fraction of sp³-hybridized carbons (Fsp3) is 0.588. The van der Waals surface area contributed by atoms with E-state index in [0.29, 0.717) is 18.9 Å². The molecule has 0 fully saturated rings. The highest BCUT2D eigenvalue weighted by molar-refractivity contribution is 7.90. The number of nitrogens with one attached hydrogen (secondary N) is 2. The van der Waals surface area contributed by atoms with Gasteiger partial charge in [-0.25, -0.2) is 8.42 Å². The van der Waals surface area contributed by atoms with Crippen LogP contribution in [0, 0.1) is 0 Å². The van der Waals surface area contributed by atoms with E-state index >= 15 is 0 Å². The Kier molecular flexibility index (Phi) is 7.55. The molecule has 0 amide bonds. The van der Waals surface area contributed by atoms with Crippen molar-refractivity contribution in [2.75, 3.05) is 25.6 Å². The maximum Gasteiger partial charge on any atom is 0.191 e. The first kappa shape index (κ1) is 20.8. The number of hydrogen-bond acceptors (Lipinski definition) is 3. The molecule has 1 atom stereocenters. The van der Waals surface area contributed by atoms with Gasteiger partial charge in [-0.3, -0.25) is 4.99 Å². The van der Waals surface area contributed by atoms with Crippen molar-refractivity contribution < 1.29 is 8.42 Å². The summed E-state index contributed by atoms with van der Waals surface area (Å²) in [4.78, 5) is 4.21. The van der Waals surface area contributed by atoms with Crippen LogP contribution in [0.15, 0.2) is 29.3 Å². The minimum absolute atomic E-state index is 0.0141. The molecular formula is C17H28ClN3O2S. The van der Waals surface area contributed by atoms with Crippen molar-refractivity contribution in [2.45, 2.75) is 38.6 Å². The van der Waals surface area contributed by atoms with Crippen LogP contribution >= 0.6 is 11.6 Å². The van der Waals surface area contributed by atoms with Gasteiger partial charge < -0.3 is 10.6 Å². The van der Waals surface area contributed by atoms with Crippen LogP contribution in [0.4, 0.5) is 0 Å². The molecule has 0 heterocycles. The van der Waals surface area contributed by atoms with E-state index in [1.807, 2.05) is 25.1 Å². The van der Waals surface area contributed by atoms with Crippen LogP contribution in [0.1, 0.15) is 32.8 Å². The van der Waals surface area contributed by atoms with Gasteiger partial charge in [0.15, 0.2) is 5.96 Å². The van der Waals surface area contributed by atoms with Crippen molar-refractivity contribution in [1.29, 1.82) is 0 Å². The van der Waals surface area contributed by atoms with E-state index in [-0.39, 0.29) is 17.2 Å². The van der Waals surface area contributed by atoms with Gasteiger partial charge in [0, 0.05) is 36.3 Å². The second kappa shape index (κ2) is 8.72. The monoisotopic (exact) mass is 373 g/mol. The van der Waals surface area contributed by atoms with Gasteiger partial charge in [-0.15, -0.1) is 0 Å². The Morgan fingerprint density at radius 2 is 2.04 bits per heavy atom. The molecule has 1 unspecified atom stereocenters. The molecule has 0 aliphatic carbocycles. The number of benzene rings is 1. The van der Waals surface area contributed by atoms with Crippen LogP contribution in [0.3, 0.4) is 0 Å². The molecule has 0 aliphatic rings. The molecule has 136 valence electrons. The first-order valence-corrected chi connectivity index (χ1v) is 10.4. The minimum Gasteiger partial charge on any atom is -0.356 e. The minimum atomic E-state index is -2.95. The van der Waals surface area contributed by atoms with E-state index < -0.39 is 9.84 Å². The first-order chi connectivity index (χ1) is 11.0. The lowest BCUT2D eigenvalue weighted by atomic mass is 9.84. The highest BCUT2D eigenvalue weighted by Crippen LogP contribution is 2.24.